The molecule has 1 fully saturated rings. The van der Waals surface area contributed by atoms with Crippen LogP contribution in [0.2, 0.25) is 0 Å². The van der Waals surface area contributed by atoms with Crippen molar-refractivity contribution in [3.63, 3.8) is 0 Å². The third-order valence-electron chi connectivity index (χ3n) is 6.01. The summed E-state index contributed by atoms with van der Waals surface area (Å²) in [5.74, 6) is 1.78. The lowest BCUT2D eigenvalue weighted by Gasteiger charge is -2.38. The van der Waals surface area contributed by atoms with Crippen LogP contribution in [0.5, 0.6) is 5.75 Å². The van der Waals surface area contributed by atoms with Gasteiger partial charge in [-0.15, -0.1) is 10.8 Å². The minimum absolute atomic E-state index is 0.151. The molecule has 11 heteroatoms. The second-order valence-electron chi connectivity index (χ2n) is 8.63. The highest BCUT2D eigenvalue weighted by atomic mass is 32.3. The van der Waals surface area contributed by atoms with Crippen molar-refractivity contribution in [3.05, 3.63) is 82.8 Å². The Morgan fingerprint density at radius 1 is 1.05 bits per heavy atom. The lowest BCUT2D eigenvalue weighted by Crippen LogP contribution is -2.21. The first kappa shape index (κ1) is 25.0. The molecule has 1 aliphatic heterocycles. The van der Waals surface area contributed by atoms with Gasteiger partial charge < -0.3 is 18.6 Å². The molecule has 4 aromatic rings. The first-order valence-electron chi connectivity index (χ1n) is 11.8. The van der Waals surface area contributed by atoms with Crippen LogP contribution in [0.15, 0.2) is 76.2 Å². The van der Waals surface area contributed by atoms with Gasteiger partial charge in [0.25, 0.3) is 11.4 Å². The van der Waals surface area contributed by atoms with E-state index in [1.165, 1.54) is 6.07 Å². The van der Waals surface area contributed by atoms with Crippen LogP contribution in [0.4, 0.5) is 5.69 Å². The molecule has 10 nitrogen and oxygen atoms in total. The largest absolute Gasteiger partial charge is 0.491 e. The number of hydrogen-bond donors (Lipinski definition) is 2. The number of anilines is 1. The molecule has 0 bridgehead atoms. The fourth-order valence-electron chi connectivity index (χ4n) is 4.14. The van der Waals surface area contributed by atoms with E-state index in [0.717, 1.165) is 17.7 Å². The molecule has 2 N–H and O–H groups in total. The zero-order chi connectivity index (χ0) is 25.8. The number of aromatic nitrogens is 3. The molecule has 0 amide bonds. The highest BCUT2D eigenvalue weighted by Crippen LogP contribution is 2.51. The molecular formula is C26H28N4O6S. The van der Waals surface area contributed by atoms with E-state index >= 15 is 0 Å². The summed E-state index contributed by atoms with van der Waals surface area (Å²) in [5.41, 5.74) is 2.85. The number of ether oxygens (including phenoxy) is 2. The summed E-state index contributed by atoms with van der Waals surface area (Å²) >= 11 is 0. The number of benzene rings is 2. The van der Waals surface area contributed by atoms with Gasteiger partial charge >= 0.3 is 0 Å². The van der Waals surface area contributed by atoms with E-state index in [9.17, 15) is 13.9 Å². The third-order valence-corrected chi connectivity index (χ3v) is 7.95. The second kappa shape index (κ2) is 10.8. The van der Waals surface area contributed by atoms with Gasteiger partial charge in [0.05, 0.1) is 24.6 Å². The van der Waals surface area contributed by atoms with Gasteiger partial charge in [-0.05, 0) is 54.4 Å². The molecule has 0 saturated carbocycles. The van der Waals surface area contributed by atoms with Crippen molar-refractivity contribution in [2.75, 3.05) is 36.9 Å². The summed E-state index contributed by atoms with van der Waals surface area (Å²) in [4.78, 5) is 17.0. The third kappa shape index (κ3) is 5.70. The van der Waals surface area contributed by atoms with Gasteiger partial charge in [-0.3, -0.25) is 18.2 Å². The van der Waals surface area contributed by atoms with E-state index in [4.69, 9.17) is 14.0 Å². The highest BCUT2D eigenvalue weighted by molar-refractivity contribution is 8.25. The van der Waals surface area contributed by atoms with Crippen molar-refractivity contribution in [3.8, 4) is 28.6 Å². The number of pyridine rings is 1. The molecule has 0 radical (unpaired) electrons. The Labute approximate surface area is 215 Å². The minimum atomic E-state index is -2.75. The van der Waals surface area contributed by atoms with E-state index in [1.807, 2.05) is 48.5 Å². The van der Waals surface area contributed by atoms with E-state index in [-0.39, 0.29) is 5.56 Å². The van der Waals surface area contributed by atoms with Crippen molar-refractivity contribution in [1.82, 2.24) is 14.7 Å². The van der Waals surface area contributed by atoms with Crippen molar-refractivity contribution in [2.45, 2.75) is 13.0 Å². The topological polar surface area (TPSA) is 123 Å². The molecule has 0 aliphatic carbocycles. The summed E-state index contributed by atoms with van der Waals surface area (Å²) in [6, 6.07) is 18.0. The molecule has 2 aromatic carbocycles. The lowest BCUT2D eigenvalue weighted by molar-refractivity contribution is 0.146. The van der Waals surface area contributed by atoms with E-state index < -0.39 is 10.8 Å². The summed E-state index contributed by atoms with van der Waals surface area (Å²) in [6.07, 6.45) is 2.45. The van der Waals surface area contributed by atoms with E-state index in [1.54, 1.807) is 28.2 Å². The SMILES string of the molecule is COCCOc1cccc(Cn2cc(-c3noc(-c4ccc(N5CCCS5(O)O)cc4)n3)ccc2=O)c1. The van der Waals surface area contributed by atoms with Crippen LogP contribution < -0.4 is 14.6 Å². The first-order chi connectivity index (χ1) is 17.9. The Morgan fingerprint density at radius 3 is 2.62 bits per heavy atom. The first-order valence-corrected chi connectivity index (χ1v) is 13.5. The molecule has 194 valence electrons. The number of rotatable bonds is 9. The quantitative estimate of drug-likeness (QED) is 0.304. The van der Waals surface area contributed by atoms with Gasteiger partial charge in [0.15, 0.2) is 0 Å². The highest BCUT2D eigenvalue weighted by Gasteiger charge is 2.29. The Hall–Kier alpha value is -3.64. The predicted octanol–water partition coefficient (Wildman–Crippen LogP) is 4.51. The van der Waals surface area contributed by atoms with E-state index in [0.29, 0.717) is 60.6 Å². The number of nitrogens with zero attached hydrogens (tertiary/aromatic N) is 4. The number of methoxy groups -OCH3 is 1. The average molecular weight is 525 g/mol. The van der Waals surface area contributed by atoms with Gasteiger partial charge in [0.1, 0.15) is 12.4 Å². The van der Waals surface area contributed by atoms with Gasteiger partial charge in [-0.1, -0.05) is 17.3 Å². The van der Waals surface area contributed by atoms with Gasteiger partial charge in [0, 0.05) is 37.0 Å². The summed E-state index contributed by atoms with van der Waals surface area (Å²) in [5, 5.41) is 4.10. The average Bonchev–Trinajstić information content (AvgIpc) is 3.52. The molecule has 3 heterocycles. The zero-order valence-corrected chi connectivity index (χ0v) is 21.1. The molecule has 1 aliphatic rings. The molecule has 0 unspecified atom stereocenters. The van der Waals surface area contributed by atoms with Gasteiger partial charge in [-0.2, -0.15) is 4.98 Å². The van der Waals surface area contributed by atoms with Crippen LogP contribution in [0.3, 0.4) is 0 Å². The van der Waals surface area contributed by atoms with Crippen LogP contribution in [-0.4, -0.2) is 56.4 Å². The van der Waals surface area contributed by atoms with Crippen LogP contribution >= 0.6 is 10.8 Å². The standard InChI is InChI=1S/C26H28N4O6S/c1-34-13-14-35-23-5-2-4-19(16-23)17-29-18-21(8-11-24(29)31)25-27-26(36-28-25)20-6-9-22(10-7-20)30-12-3-15-37(30,32)33/h2,4-11,16,18,32-33H,3,12-15,17H2,1H3. The monoisotopic (exact) mass is 524 g/mol. The van der Waals surface area contributed by atoms with E-state index in [2.05, 4.69) is 10.1 Å². The summed E-state index contributed by atoms with van der Waals surface area (Å²) in [7, 11) is -1.13. The van der Waals surface area contributed by atoms with Gasteiger partial charge in [-0.25, -0.2) is 0 Å². The molecule has 37 heavy (non-hydrogen) atoms. The molecule has 1 saturated heterocycles. The number of hydrogen-bond acceptors (Lipinski definition) is 9. The van der Waals surface area contributed by atoms with Crippen molar-refractivity contribution >= 4 is 16.5 Å². The minimum Gasteiger partial charge on any atom is -0.491 e. The molecule has 0 spiro atoms. The van der Waals surface area contributed by atoms with Crippen molar-refractivity contribution in [2.24, 2.45) is 0 Å². The maximum Gasteiger partial charge on any atom is 0.258 e. The van der Waals surface area contributed by atoms with Crippen LogP contribution in [0, 0.1) is 0 Å². The fraction of sp³-hybridized carbons (Fsp3) is 0.269. The molecule has 2 aromatic heterocycles. The van der Waals surface area contributed by atoms with Gasteiger partial charge in [0.2, 0.25) is 5.82 Å². The Kier molecular flexibility index (Phi) is 7.28. The summed E-state index contributed by atoms with van der Waals surface area (Å²) in [6.45, 7) is 1.90. The van der Waals surface area contributed by atoms with Crippen LogP contribution in [-0.2, 0) is 11.3 Å². The second-order valence-corrected chi connectivity index (χ2v) is 10.7. The Bertz CT molecular complexity index is 1420. The smallest absolute Gasteiger partial charge is 0.258 e. The van der Waals surface area contributed by atoms with Crippen LogP contribution in [0.1, 0.15) is 12.0 Å². The Morgan fingerprint density at radius 2 is 1.86 bits per heavy atom. The zero-order valence-electron chi connectivity index (χ0n) is 20.3. The van der Waals surface area contributed by atoms with Crippen LogP contribution in [0.25, 0.3) is 22.8 Å². The maximum absolute atomic E-state index is 12.5. The Balaban J connectivity index is 1.32. The lowest BCUT2D eigenvalue weighted by atomic mass is 10.2. The summed E-state index contributed by atoms with van der Waals surface area (Å²) < 4.78 is 39.8. The molecule has 5 rings (SSSR count). The van der Waals surface area contributed by atoms with Crippen molar-refractivity contribution < 1.29 is 23.1 Å². The van der Waals surface area contributed by atoms with Crippen molar-refractivity contribution in [1.29, 1.82) is 0 Å². The maximum atomic E-state index is 12.5. The molecular weight excluding hydrogens is 496 g/mol. The molecule has 0 atom stereocenters. The predicted molar refractivity (Wildman–Crippen MR) is 142 cm³/mol. The fourth-order valence-corrected chi connectivity index (χ4v) is 5.76. The normalized spacial score (nSPS) is 15.6.